The minimum absolute atomic E-state index is 0.117. The molecule has 0 aromatic carbocycles. The second-order valence-electron chi connectivity index (χ2n) is 9.83. The van der Waals surface area contributed by atoms with Gasteiger partial charge in [0.25, 0.3) is 0 Å². The van der Waals surface area contributed by atoms with E-state index < -0.39 is 0 Å². The molecule has 1 aliphatic carbocycles. The van der Waals surface area contributed by atoms with E-state index in [1.54, 1.807) is 13.3 Å². The average Bonchev–Trinajstić information content (AvgIpc) is 3.18. The molecule has 2 aromatic rings. The van der Waals surface area contributed by atoms with Crippen LogP contribution in [0.3, 0.4) is 0 Å². The maximum Gasteiger partial charge on any atom is 0.230 e. The van der Waals surface area contributed by atoms with E-state index in [-0.39, 0.29) is 11.3 Å². The number of likely N-dealkylation sites (tertiary alicyclic amines) is 2. The van der Waals surface area contributed by atoms with Crippen molar-refractivity contribution in [1.82, 2.24) is 24.3 Å². The highest BCUT2D eigenvalue weighted by molar-refractivity contribution is 5.87. The molecular formula is C24H33N5O2. The number of pyridine rings is 1. The monoisotopic (exact) mass is 423 g/mol. The number of imidazole rings is 1. The van der Waals surface area contributed by atoms with Crippen LogP contribution in [0.2, 0.25) is 0 Å². The molecule has 7 heteroatoms. The molecule has 0 radical (unpaired) electrons. The zero-order chi connectivity index (χ0) is 21.6. The molecule has 0 N–H and O–H groups in total. The Labute approximate surface area is 184 Å². The van der Waals surface area contributed by atoms with Crippen LogP contribution in [-0.4, -0.2) is 63.5 Å². The van der Waals surface area contributed by atoms with E-state index in [4.69, 9.17) is 9.72 Å². The van der Waals surface area contributed by atoms with Crippen LogP contribution in [0.5, 0.6) is 5.88 Å². The standard InChI is InChI=1S/C24H33N5O2/c1-17(2)29-14-21(26-16-29)20-13-27(12-19-5-4-9-25-22(19)31-3)15-24(20)8-10-28(23(24)30)11-18-6-7-18/h4-5,9,14,16-18,20H,6-8,10-13,15H2,1-3H3. The molecule has 0 bridgehead atoms. The number of aromatic nitrogens is 3. The van der Waals surface area contributed by atoms with Gasteiger partial charge in [0.05, 0.1) is 24.5 Å². The first kappa shape index (κ1) is 20.5. The highest BCUT2D eigenvalue weighted by atomic mass is 16.5. The highest BCUT2D eigenvalue weighted by Crippen LogP contribution is 2.50. The summed E-state index contributed by atoms with van der Waals surface area (Å²) in [5, 5.41) is 0. The lowest BCUT2D eigenvalue weighted by Gasteiger charge is -2.28. The van der Waals surface area contributed by atoms with Gasteiger partial charge in [0.1, 0.15) is 0 Å². The molecule has 166 valence electrons. The van der Waals surface area contributed by atoms with Crippen LogP contribution in [0.25, 0.3) is 0 Å². The Morgan fingerprint density at radius 2 is 2.13 bits per heavy atom. The molecule has 3 fully saturated rings. The number of hydrogen-bond donors (Lipinski definition) is 0. The molecule has 4 heterocycles. The second-order valence-corrected chi connectivity index (χ2v) is 9.83. The average molecular weight is 424 g/mol. The minimum atomic E-state index is -0.375. The number of ether oxygens (including phenoxy) is 1. The molecule has 2 aromatic heterocycles. The number of amides is 1. The fourth-order valence-electron chi connectivity index (χ4n) is 5.40. The molecule has 1 saturated carbocycles. The summed E-state index contributed by atoms with van der Waals surface area (Å²) in [4.78, 5) is 27.4. The number of nitrogens with zero attached hydrogens (tertiary/aromatic N) is 5. The number of methoxy groups -OCH3 is 1. The first-order chi connectivity index (χ1) is 15.0. The van der Waals surface area contributed by atoms with Gasteiger partial charge in [-0.15, -0.1) is 0 Å². The van der Waals surface area contributed by atoms with E-state index >= 15 is 0 Å². The minimum Gasteiger partial charge on any atom is -0.481 e. The molecular weight excluding hydrogens is 390 g/mol. The fourth-order valence-corrected chi connectivity index (χ4v) is 5.40. The largest absolute Gasteiger partial charge is 0.481 e. The van der Waals surface area contributed by atoms with Crippen molar-refractivity contribution in [1.29, 1.82) is 0 Å². The van der Waals surface area contributed by atoms with Gasteiger partial charge in [0.15, 0.2) is 0 Å². The van der Waals surface area contributed by atoms with Gasteiger partial charge in [-0.25, -0.2) is 9.97 Å². The molecule has 2 aliphatic heterocycles. The zero-order valence-electron chi connectivity index (χ0n) is 18.8. The van der Waals surface area contributed by atoms with Crippen molar-refractivity contribution >= 4 is 5.91 Å². The smallest absolute Gasteiger partial charge is 0.230 e. The van der Waals surface area contributed by atoms with E-state index in [0.29, 0.717) is 17.8 Å². The predicted octanol–water partition coefficient (Wildman–Crippen LogP) is 3.10. The third-order valence-corrected chi connectivity index (χ3v) is 7.34. The SMILES string of the molecule is COc1ncccc1CN1CC(c2cn(C(C)C)cn2)C2(CCN(CC3CC3)C2=O)C1. The molecule has 3 aliphatic rings. The first-order valence-corrected chi connectivity index (χ1v) is 11.5. The van der Waals surface area contributed by atoms with Gasteiger partial charge in [-0.05, 0) is 45.1 Å². The lowest BCUT2D eigenvalue weighted by Crippen LogP contribution is -2.40. The van der Waals surface area contributed by atoms with E-state index in [1.807, 2.05) is 12.4 Å². The summed E-state index contributed by atoms with van der Waals surface area (Å²) in [5.41, 5.74) is 1.74. The van der Waals surface area contributed by atoms with Crippen molar-refractivity contribution in [3.63, 3.8) is 0 Å². The van der Waals surface area contributed by atoms with E-state index in [2.05, 4.69) is 45.5 Å². The van der Waals surface area contributed by atoms with Crippen LogP contribution < -0.4 is 4.74 Å². The summed E-state index contributed by atoms with van der Waals surface area (Å²) in [6.07, 6.45) is 9.28. The molecule has 31 heavy (non-hydrogen) atoms. The van der Waals surface area contributed by atoms with Gasteiger partial charge in [-0.3, -0.25) is 9.69 Å². The fraction of sp³-hybridized carbons (Fsp3) is 0.625. The Balaban J connectivity index is 1.44. The zero-order valence-corrected chi connectivity index (χ0v) is 18.8. The highest BCUT2D eigenvalue weighted by Gasteiger charge is 2.58. The summed E-state index contributed by atoms with van der Waals surface area (Å²) in [7, 11) is 1.66. The predicted molar refractivity (Wildman–Crippen MR) is 118 cm³/mol. The van der Waals surface area contributed by atoms with Gasteiger partial charge < -0.3 is 14.2 Å². The number of rotatable bonds is 7. The van der Waals surface area contributed by atoms with Crippen molar-refractivity contribution in [2.45, 2.75) is 51.6 Å². The van der Waals surface area contributed by atoms with Gasteiger partial charge in [0.2, 0.25) is 11.8 Å². The third-order valence-electron chi connectivity index (χ3n) is 7.34. The Bertz CT molecular complexity index is 953. The van der Waals surface area contributed by atoms with Crippen LogP contribution in [-0.2, 0) is 11.3 Å². The normalized spacial score (nSPS) is 26.5. The van der Waals surface area contributed by atoms with Gasteiger partial charge in [0, 0.05) is 62.6 Å². The van der Waals surface area contributed by atoms with Crippen molar-refractivity contribution in [3.8, 4) is 5.88 Å². The van der Waals surface area contributed by atoms with Gasteiger partial charge in [-0.2, -0.15) is 0 Å². The maximum absolute atomic E-state index is 13.8. The van der Waals surface area contributed by atoms with Crippen LogP contribution >= 0.6 is 0 Å². The van der Waals surface area contributed by atoms with Crippen molar-refractivity contribution in [2.24, 2.45) is 11.3 Å². The Kier molecular flexibility index (Phi) is 5.24. The Morgan fingerprint density at radius 1 is 1.29 bits per heavy atom. The van der Waals surface area contributed by atoms with Gasteiger partial charge in [-0.1, -0.05) is 6.07 Å². The molecule has 1 spiro atoms. The van der Waals surface area contributed by atoms with Crippen molar-refractivity contribution in [2.75, 3.05) is 33.3 Å². The maximum atomic E-state index is 13.8. The molecule has 7 nitrogen and oxygen atoms in total. The van der Waals surface area contributed by atoms with Crippen LogP contribution in [0, 0.1) is 11.3 Å². The molecule has 1 amide bonds. The lowest BCUT2D eigenvalue weighted by molar-refractivity contribution is -0.136. The molecule has 2 saturated heterocycles. The van der Waals surface area contributed by atoms with Crippen molar-refractivity contribution in [3.05, 3.63) is 42.1 Å². The van der Waals surface area contributed by atoms with Crippen molar-refractivity contribution < 1.29 is 9.53 Å². The summed E-state index contributed by atoms with van der Waals surface area (Å²) >= 11 is 0. The summed E-state index contributed by atoms with van der Waals surface area (Å²) in [6.45, 7) is 8.46. The molecule has 5 rings (SSSR count). The van der Waals surface area contributed by atoms with E-state index in [1.165, 1.54) is 12.8 Å². The Hall–Kier alpha value is -2.41. The van der Waals surface area contributed by atoms with E-state index in [0.717, 1.165) is 56.3 Å². The topological polar surface area (TPSA) is 63.5 Å². The first-order valence-electron chi connectivity index (χ1n) is 11.5. The quantitative estimate of drug-likeness (QED) is 0.685. The van der Waals surface area contributed by atoms with E-state index in [9.17, 15) is 4.79 Å². The summed E-state index contributed by atoms with van der Waals surface area (Å²) in [5.74, 6) is 1.84. The van der Waals surface area contributed by atoms with Gasteiger partial charge >= 0.3 is 0 Å². The number of hydrogen-bond acceptors (Lipinski definition) is 5. The molecule has 2 atom stereocenters. The number of carbonyl (C=O) groups is 1. The second kappa shape index (κ2) is 7.93. The van der Waals surface area contributed by atoms with Crippen LogP contribution in [0.1, 0.15) is 56.3 Å². The Morgan fingerprint density at radius 3 is 2.84 bits per heavy atom. The summed E-state index contributed by atoms with van der Waals surface area (Å²) < 4.78 is 7.62. The summed E-state index contributed by atoms with van der Waals surface area (Å²) in [6, 6.07) is 4.37. The molecule has 2 unspecified atom stereocenters. The number of carbonyl (C=O) groups excluding carboxylic acids is 1. The van der Waals surface area contributed by atoms with Crippen LogP contribution in [0.4, 0.5) is 0 Å². The van der Waals surface area contributed by atoms with Crippen LogP contribution in [0.15, 0.2) is 30.9 Å². The lowest BCUT2D eigenvalue weighted by atomic mass is 9.75. The third kappa shape index (κ3) is 3.73.